The van der Waals surface area contributed by atoms with Gasteiger partial charge in [0.2, 0.25) is 5.91 Å². The molecular weight excluding hydrogens is 360 g/mol. The van der Waals surface area contributed by atoms with Gasteiger partial charge in [0.15, 0.2) is 0 Å². The lowest BCUT2D eigenvalue weighted by molar-refractivity contribution is -0.129. The summed E-state index contributed by atoms with van der Waals surface area (Å²) in [4.78, 5) is 13.4. The van der Waals surface area contributed by atoms with E-state index in [9.17, 15) is 4.79 Å². The first-order valence-electron chi connectivity index (χ1n) is 8.02. The van der Waals surface area contributed by atoms with Crippen LogP contribution < -0.4 is 15.4 Å². The first kappa shape index (κ1) is 19.7. The number of methoxy groups -OCH3 is 1. The van der Waals surface area contributed by atoms with Gasteiger partial charge in [0, 0.05) is 11.4 Å². The summed E-state index contributed by atoms with van der Waals surface area (Å²) in [5, 5.41) is 8.30. The second-order valence-corrected chi connectivity index (χ2v) is 6.75. The maximum absolute atomic E-state index is 12.3. The molecule has 0 unspecified atom stereocenters. The standard InChI is InChI=1S/C18H22N2O3S.ClH/c1-12-17(19-7-8-23-12)18(21)20-10-16-9-14(11-24-16)13-3-5-15(22-2)6-4-13;/h3-6,9,11-12,17,19H,7-8,10H2,1-2H3,(H,20,21);1H/t12-,17+;/m1./s1. The molecule has 1 saturated heterocycles. The van der Waals surface area contributed by atoms with E-state index in [2.05, 4.69) is 22.1 Å². The fraction of sp³-hybridized carbons (Fsp3) is 0.389. The van der Waals surface area contributed by atoms with E-state index in [0.29, 0.717) is 19.7 Å². The number of hydrogen-bond donors (Lipinski definition) is 2. The van der Waals surface area contributed by atoms with Crippen molar-refractivity contribution in [3.8, 4) is 16.9 Å². The van der Waals surface area contributed by atoms with Crippen molar-refractivity contribution in [3.63, 3.8) is 0 Å². The van der Waals surface area contributed by atoms with E-state index >= 15 is 0 Å². The highest BCUT2D eigenvalue weighted by molar-refractivity contribution is 7.10. The second kappa shape index (κ2) is 9.20. The molecule has 0 aliphatic carbocycles. The van der Waals surface area contributed by atoms with Crippen LogP contribution in [0.1, 0.15) is 11.8 Å². The Morgan fingerprint density at radius 1 is 1.36 bits per heavy atom. The summed E-state index contributed by atoms with van der Waals surface area (Å²) < 4.78 is 10.7. The van der Waals surface area contributed by atoms with Crippen LogP contribution in [0.4, 0.5) is 0 Å². The van der Waals surface area contributed by atoms with Crippen LogP contribution in [0.25, 0.3) is 11.1 Å². The normalized spacial score (nSPS) is 19.8. The summed E-state index contributed by atoms with van der Waals surface area (Å²) in [6, 6.07) is 9.80. The third-order valence-corrected chi connectivity index (χ3v) is 5.05. The summed E-state index contributed by atoms with van der Waals surface area (Å²) in [5.74, 6) is 0.833. The van der Waals surface area contributed by atoms with Crippen molar-refractivity contribution in [2.75, 3.05) is 20.3 Å². The fourth-order valence-corrected chi connectivity index (χ4v) is 3.55. The molecule has 2 atom stereocenters. The van der Waals surface area contributed by atoms with Crippen molar-refractivity contribution in [2.24, 2.45) is 0 Å². The number of morpholine rings is 1. The third kappa shape index (κ3) is 4.95. The van der Waals surface area contributed by atoms with E-state index in [4.69, 9.17) is 9.47 Å². The third-order valence-electron chi connectivity index (χ3n) is 4.11. The topological polar surface area (TPSA) is 59.6 Å². The van der Waals surface area contributed by atoms with Gasteiger partial charge in [-0.15, -0.1) is 23.7 Å². The Bertz CT molecular complexity index is 690. The number of amides is 1. The first-order valence-corrected chi connectivity index (χ1v) is 8.90. The summed E-state index contributed by atoms with van der Waals surface area (Å²) >= 11 is 1.65. The van der Waals surface area contributed by atoms with Crippen molar-refractivity contribution in [3.05, 3.63) is 40.6 Å². The molecule has 7 heteroatoms. The van der Waals surface area contributed by atoms with Crippen molar-refractivity contribution in [1.82, 2.24) is 10.6 Å². The lowest BCUT2D eigenvalue weighted by Crippen LogP contribution is -2.55. The van der Waals surface area contributed by atoms with Gasteiger partial charge in [0.1, 0.15) is 11.8 Å². The number of rotatable bonds is 5. The second-order valence-electron chi connectivity index (χ2n) is 5.76. The number of thiophene rings is 1. The number of nitrogens with one attached hydrogen (secondary N) is 2. The average Bonchev–Trinajstić information content (AvgIpc) is 3.09. The fourth-order valence-electron chi connectivity index (χ4n) is 2.72. The van der Waals surface area contributed by atoms with Gasteiger partial charge in [0.05, 0.1) is 26.4 Å². The minimum absolute atomic E-state index is 0. The predicted molar refractivity (Wildman–Crippen MR) is 103 cm³/mol. The van der Waals surface area contributed by atoms with E-state index in [1.54, 1.807) is 18.4 Å². The van der Waals surface area contributed by atoms with Crippen molar-refractivity contribution in [1.29, 1.82) is 0 Å². The van der Waals surface area contributed by atoms with Crippen LogP contribution in [-0.2, 0) is 16.1 Å². The Morgan fingerprint density at radius 3 is 2.80 bits per heavy atom. The van der Waals surface area contributed by atoms with E-state index in [0.717, 1.165) is 21.8 Å². The molecule has 1 aliphatic rings. The molecule has 3 rings (SSSR count). The summed E-state index contributed by atoms with van der Waals surface area (Å²) in [6.45, 7) is 3.82. The molecule has 0 bridgehead atoms. The number of carbonyl (C=O) groups excluding carboxylic acids is 1. The van der Waals surface area contributed by atoms with Gasteiger partial charge in [-0.2, -0.15) is 0 Å². The van der Waals surface area contributed by atoms with E-state index in [1.807, 2.05) is 31.2 Å². The van der Waals surface area contributed by atoms with Crippen molar-refractivity contribution >= 4 is 29.7 Å². The zero-order valence-corrected chi connectivity index (χ0v) is 15.9. The van der Waals surface area contributed by atoms with Crippen molar-refractivity contribution in [2.45, 2.75) is 25.6 Å². The summed E-state index contributed by atoms with van der Waals surface area (Å²) in [5.41, 5.74) is 2.29. The molecule has 5 nitrogen and oxygen atoms in total. The molecule has 1 aliphatic heterocycles. The Morgan fingerprint density at radius 2 is 2.12 bits per heavy atom. The van der Waals surface area contributed by atoms with E-state index in [-0.39, 0.29) is 30.5 Å². The number of halogens is 1. The molecule has 1 fully saturated rings. The van der Waals surface area contributed by atoms with Crippen LogP contribution in [0.2, 0.25) is 0 Å². The molecule has 2 N–H and O–H groups in total. The molecule has 2 heterocycles. The van der Waals surface area contributed by atoms with Gasteiger partial charge in [-0.05, 0) is 41.6 Å². The SMILES string of the molecule is COc1ccc(-c2csc(CNC(=O)[C@H]3NCCO[C@@H]3C)c2)cc1.Cl. The number of hydrogen-bond acceptors (Lipinski definition) is 5. The van der Waals surface area contributed by atoms with Gasteiger partial charge in [-0.25, -0.2) is 0 Å². The van der Waals surface area contributed by atoms with Crippen LogP contribution in [0.15, 0.2) is 35.7 Å². The Balaban J connectivity index is 0.00000225. The highest BCUT2D eigenvalue weighted by Crippen LogP contribution is 2.27. The highest BCUT2D eigenvalue weighted by atomic mass is 35.5. The Kier molecular flexibility index (Phi) is 7.25. The molecule has 1 aromatic heterocycles. The average molecular weight is 383 g/mol. The Labute approximate surface area is 158 Å². The van der Waals surface area contributed by atoms with Gasteiger partial charge in [-0.3, -0.25) is 4.79 Å². The highest BCUT2D eigenvalue weighted by Gasteiger charge is 2.27. The van der Waals surface area contributed by atoms with Gasteiger partial charge in [0.25, 0.3) is 0 Å². The lowest BCUT2D eigenvalue weighted by Gasteiger charge is -2.29. The molecule has 2 aromatic rings. The predicted octanol–water partition coefficient (Wildman–Crippen LogP) is 2.84. The van der Waals surface area contributed by atoms with Crippen LogP contribution in [0.3, 0.4) is 0 Å². The van der Waals surface area contributed by atoms with Gasteiger partial charge >= 0.3 is 0 Å². The minimum atomic E-state index is -0.278. The maximum Gasteiger partial charge on any atom is 0.240 e. The molecular formula is C18H23ClN2O3S. The number of carbonyl (C=O) groups is 1. The van der Waals surface area contributed by atoms with Gasteiger partial charge in [-0.1, -0.05) is 12.1 Å². The lowest BCUT2D eigenvalue weighted by atomic mass is 10.1. The number of ether oxygens (including phenoxy) is 2. The van der Waals surface area contributed by atoms with E-state index < -0.39 is 0 Å². The van der Waals surface area contributed by atoms with Crippen LogP contribution in [0.5, 0.6) is 5.75 Å². The molecule has 136 valence electrons. The van der Waals surface area contributed by atoms with Crippen LogP contribution in [-0.4, -0.2) is 38.3 Å². The monoisotopic (exact) mass is 382 g/mol. The van der Waals surface area contributed by atoms with Crippen molar-refractivity contribution < 1.29 is 14.3 Å². The maximum atomic E-state index is 12.3. The first-order chi connectivity index (χ1) is 11.7. The molecule has 0 spiro atoms. The largest absolute Gasteiger partial charge is 0.497 e. The zero-order valence-electron chi connectivity index (χ0n) is 14.3. The zero-order chi connectivity index (χ0) is 16.9. The molecule has 0 saturated carbocycles. The summed E-state index contributed by atoms with van der Waals surface area (Å²) in [6.07, 6.45) is -0.100. The smallest absolute Gasteiger partial charge is 0.240 e. The Hall–Kier alpha value is -1.60. The minimum Gasteiger partial charge on any atom is -0.497 e. The molecule has 25 heavy (non-hydrogen) atoms. The molecule has 1 amide bonds. The number of benzene rings is 1. The molecule has 1 aromatic carbocycles. The molecule has 0 radical (unpaired) electrons. The van der Waals surface area contributed by atoms with Crippen LogP contribution in [0, 0.1) is 0 Å². The van der Waals surface area contributed by atoms with Gasteiger partial charge < -0.3 is 20.1 Å². The van der Waals surface area contributed by atoms with E-state index in [1.165, 1.54) is 0 Å². The summed E-state index contributed by atoms with van der Waals surface area (Å²) in [7, 11) is 1.66. The quantitative estimate of drug-likeness (QED) is 0.834. The van der Waals surface area contributed by atoms with Crippen LogP contribution >= 0.6 is 23.7 Å².